The third-order valence-electron chi connectivity index (χ3n) is 10.2. The fraction of sp³-hybridized carbons (Fsp3) is 0.265. The van der Waals surface area contributed by atoms with Gasteiger partial charge in [0.2, 0.25) is 0 Å². The van der Waals surface area contributed by atoms with Crippen molar-refractivity contribution in [1.82, 2.24) is 0 Å². The Bertz CT molecular complexity index is 2230. The third kappa shape index (κ3) is 12.2. The first-order chi connectivity index (χ1) is 28.7. The molecule has 1 atom stereocenters. The Kier molecular flexibility index (Phi) is 15.5. The highest BCUT2D eigenvalue weighted by Gasteiger charge is 2.42. The maximum Gasteiger partial charge on any atom is 0.454 e. The number of nitrogens with zero attached hydrogens (tertiary/aromatic N) is 2. The van der Waals surface area contributed by atoms with Gasteiger partial charge >= 0.3 is 12.4 Å². The molecule has 1 unspecified atom stereocenters. The smallest absolute Gasteiger partial charge is 0.454 e. The number of aryl methyl sites for hydroxylation is 2. The van der Waals surface area contributed by atoms with Crippen molar-refractivity contribution in [3.63, 3.8) is 0 Å². The largest absolute Gasteiger partial charge is 0.493 e. The highest BCUT2D eigenvalue weighted by Crippen LogP contribution is 2.35. The maximum atomic E-state index is 13.8. The van der Waals surface area contributed by atoms with Crippen LogP contribution in [-0.2, 0) is 16.0 Å². The molecule has 0 fully saturated rings. The lowest BCUT2D eigenvalue weighted by Crippen LogP contribution is -2.26. The number of hydrogen-bond acceptors (Lipinski definition) is 5. The number of ketones is 2. The molecule has 5 rings (SSSR count). The molecule has 5 nitrogen and oxygen atoms in total. The van der Waals surface area contributed by atoms with Gasteiger partial charge in [0.05, 0.1) is 17.8 Å². The first-order valence-electron chi connectivity index (χ1n) is 19.9. The number of rotatable bonds is 19. The van der Waals surface area contributed by atoms with Crippen LogP contribution in [0.5, 0.6) is 5.75 Å². The summed E-state index contributed by atoms with van der Waals surface area (Å²) in [5.41, 5.74) is 3.13. The fourth-order valence-electron chi connectivity index (χ4n) is 6.78. The van der Waals surface area contributed by atoms with Crippen LogP contribution in [0.3, 0.4) is 0 Å². The zero-order valence-electron chi connectivity index (χ0n) is 33.8. The van der Waals surface area contributed by atoms with Crippen molar-refractivity contribution in [1.29, 1.82) is 0 Å². The molecule has 0 spiro atoms. The molecule has 0 saturated heterocycles. The normalized spacial score (nSPS) is 12.8. The first-order valence-corrected chi connectivity index (χ1v) is 19.9. The summed E-state index contributed by atoms with van der Waals surface area (Å²) in [6, 6.07) is 37.6. The van der Waals surface area contributed by atoms with Crippen molar-refractivity contribution >= 4 is 39.8 Å². The number of carbonyl (C=O) groups excluding carboxylic acids is 2. The topological polar surface area (TPSA) is 49.9 Å². The van der Waals surface area contributed by atoms with E-state index in [0.717, 1.165) is 43.2 Å². The van der Waals surface area contributed by atoms with Gasteiger partial charge in [-0.15, -0.1) is 0 Å². The van der Waals surface area contributed by atoms with Gasteiger partial charge in [0.25, 0.3) is 11.6 Å². The fourth-order valence-corrected chi connectivity index (χ4v) is 6.78. The predicted octanol–water partition coefficient (Wildman–Crippen LogP) is 13.1. The minimum atomic E-state index is -5.06. The van der Waals surface area contributed by atoms with Gasteiger partial charge in [-0.3, -0.25) is 9.59 Å². The molecular formula is C49H48F6N2O3. The Balaban J connectivity index is 1.22. The van der Waals surface area contributed by atoms with Crippen LogP contribution in [0.2, 0.25) is 0 Å². The molecule has 0 aliphatic rings. The van der Waals surface area contributed by atoms with Gasteiger partial charge in [0.1, 0.15) is 5.75 Å². The second kappa shape index (κ2) is 20.7. The molecule has 0 N–H and O–H groups in total. The summed E-state index contributed by atoms with van der Waals surface area (Å²) in [6.07, 6.45) is -3.21. The predicted molar refractivity (Wildman–Crippen MR) is 227 cm³/mol. The summed E-state index contributed by atoms with van der Waals surface area (Å²) in [4.78, 5) is 28.4. The van der Waals surface area contributed by atoms with Crippen molar-refractivity contribution in [3.05, 3.63) is 168 Å². The second-order valence-electron chi connectivity index (χ2n) is 14.4. The zero-order chi connectivity index (χ0) is 43.3. The van der Waals surface area contributed by atoms with Gasteiger partial charge in [0, 0.05) is 42.1 Å². The highest BCUT2D eigenvalue weighted by atomic mass is 19.4. The van der Waals surface area contributed by atoms with Crippen LogP contribution in [0.15, 0.2) is 146 Å². The molecule has 0 heterocycles. The number of allylic oxidation sites excluding steroid dienone is 2. The van der Waals surface area contributed by atoms with E-state index in [2.05, 4.69) is 6.92 Å². The van der Waals surface area contributed by atoms with Gasteiger partial charge in [-0.05, 0) is 91.6 Å². The van der Waals surface area contributed by atoms with Crippen LogP contribution in [0.4, 0.5) is 43.4 Å². The Hall–Kier alpha value is -6.10. The van der Waals surface area contributed by atoms with Crippen LogP contribution in [0, 0.1) is 12.8 Å². The molecule has 60 heavy (non-hydrogen) atoms. The molecule has 0 radical (unpaired) electrons. The van der Waals surface area contributed by atoms with Gasteiger partial charge in [-0.25, -0.2) is 0 Å². The number of anilines is 3. The molecule has 0 aromatic heterocycles. The summed E-state index contributed by atoms with van der Waals surface area (Å²) >= 11 is 0. The van der Waals surface area contributed by atoms with E-state index in [1.807, 2.05) is 43.3 Å². The summed E-state index contributed by atoms with van der Waals surface area (Å²) in [5.74, 6) is -3.03. The second-order valence-corrected chi connectivity index (χ2v) is 14.4. The quantitative estimate of drug-likeness (QED) is 0.0471. The van der Waals surface area contributed by atoms with Crippen LogP contribution >= 0.6 is 0 Å². The number of ether oxygens (including phenoxy) is 1. The number of unbranched alkanes of at least 4 members (excludes halogenated alkanes) is 1. The molecule has 5 aromatic carbocycles. The van der Waals surface area contributed by atoms with Crippen LogP contribution < -0.4 is 14.5 Å². The average molecular weight is 827 g/mol. The van der Waals surface area contributed by atoms with E-state index in [0.29, 0.717) is 36.0 Å². The van der Waals surface area contributed by atoms with Crippen LogP contribution in [0.1, 0.15) is 61.8 Å². The Morgan fingerprint density at radius 2 is 1.22 bits per heavy atom. The van der Waals surface area contributed by atoms with E-state index in [4.69, 9.17) is 4.74 Å². The highest BCUT2D eigenvalue weighted by molar-refractivity contribution is 6.24. The Labute approximate surface area is 347 Å². The minimum absolute atomic E-state index is 0.162. The van der Waals surface area contributed by atoms with Crippen molar-refractivity contribution in [2.24, 2.45) is 5.92 Å². The van der Waals surface area contributed by atoms with E-state index < -0.39 is 35.1 Å². The summed E-state index contributed by atoms with van der Waals surface area (Å²) in [5, 5.41) is 0. The van der Waals surface area contributed by atoms with Gasteiger partial charge in [0.15, 0.2) is 0 Å². The summed E-state index contributed by atoms with van der Waals surface area (Å²) < 4.78 is 88.4. The molecule has 0 saturated carbocycles. The maximum absolute atomic E-state index is 13.8. The van der Waals surface area contributed by atoms with Crippen molar-refractivity contribution in [3.8, 4) is 5.75 Å². The van der Waals surface area contributed by atoms with E-state index in [-0.39, 0.29) is 17.0 Å². The number of hydrogen-bond donors (Lipinski definition) is 0. The molecular weight excluding hydrogens is 779 g/mol. The molecule has 314 valence electrons. The monoisotopic (exact) mass is 826 g/mol. The lowest BCUT2D eigenvalue weighted by Gasteiger charge is -2.25. The number of Topliss-reactive ketones (excluding diaryl/α,β-unsaturated/α-hetero) is 2. The van der Waals surface area contributed by atoms with E-state index in [1.165, 1.54) is 36.7 Å². The molecule has 0 aliphatic heterocycles. The molecule has 0 aliphatic carbocycles. The average Bonchev–Trinajstić information content (AvgIpc) is 3.24. The van der Waals surface area contributed by atoms with Gasteiger partial charge < -0.3 is 14.5 Å². The van der Waals surface area contributed by atoms with E-state index in [1.54, 1.807) is 89.5 Å². The number of halogens is 6. The Morgan fingerprint density at radius 1 is 0.650 bits per heavy atom. The molecule has 0 bridgehead atoms. The first kappa shape index (κ1) is 45.0. The number of para-hydroxylation sites is 1. The van der Waals surface area contributed by atoms with Crippen molar-refractivity contribution in [2.45, 2.75) is 65.2 Å². The molecule has 5 aromatic rings. The third-order valence-corrected chi connectivity index (χ3v) is 10.2. The molecule has 0 amide bonds. The summed E-state index contributed by atoms with van der Waals surface area (Å²) in [6.45, 7) is 6.50. The minimum Gasteiger partial charge on any atom is -0.493 e. The number of carbonyl (C=O) groups is 2. The van der Waals surface area contributed by atoms with E-state index in [9.17, 15) is 35.9 Å². The van der Waals surface area contributed by atoms with Crippen molar-refractivity contribution < 1.29 is 40.7 Å². The number of benzene rings is 5. The van der Waals surface area contributed by atoms with Crippen LogP contribution in [-0.4, -0.2) is 37.1 Å². The van der Waals surface area contributed by atoms with Crippen molar-refractivity contribution in [2.75, 3.05) is 23.0 Å². The SMILES string of the molecule is CCC(CCCCc1ccc(N(/C=C(\C(=O)C(F)(F)F)c2ccccc2)c2ccccc2C)cc1)COc1cccc(N(/C=C(\C(=O)C(F)(F)F)c2ccccc2)CC)c1. The lowest BCUT2D eigenvalue weighted by atomic mass is 9.98. The van der Waals surface area contributed by atoms with Gasteiger partial charge in [-0.2, -0.15) is 26.3 Å². The number of alkyl halides is 6. The van der Waals surface area contributed by atoms with Gasteiger partial charge in [-0.1, -0.05) is 117 Å². The summed E-state index contributed by atoms with van der Waals surface area (Å²) in [7, 11) is 0. The molecule has 11 heteroatoms. The lowest BCUT2D eigenvalue weighted by molar-refractivity contribution is -0.164. The standard InChI is InChI=1S/C49H48F6N2O3/c1-4-36(34-60-42-25-16-24-41(31-42)56(5-2)32-43(46(58)48(50,51)52)38-20-8-6-9-21-38)18-13-14-19-37-27-29-40(30-28-37)57(45-26-15-12-17-35(45)3)33-44(47(59)49(53,54)55)39-22-10-7-11-23-39/h6-12,15-17,20-33,36H,4-5,13-14,18-19,34H2,1-3H3/b43-32-,44-33-. The Morgan fingerprint density at radius 3 is 1.77 bits per heavy atom. The van der Waals surface area contributed by atoms with Crippen LogP contribution in [0.25, 0.3) is 11.1 Å². The zero-order valence-corrected chi connectivity index (χ0v) is 33.8. The van der Waals surface area contributed by atoms with E-state index >= 15 is 0 Å².